The Morgan fingerprint density at radius 1 is 1.32 bits per heavy atom. The van der Waals surface area contributed by atoms with Crippen LogP contribution in [0.4, 0.5) is 0 Å². The third-order valence-electron chi connectivity index (χ3n) is 3.95. The lowest BCUT2D eigenvalue weighted by molar-refractivity contribution is -0.139. The van der Waals surface area contributed by atoms with Crippen molar-refractivity contribution in [2.24, 2.45) is 0 Å². The van der Waals surface area contributed by atoms with Gasteiger partial charge in [0.1, 0.15) is 6.61 Å². The van der Waals surface area contributed by atoms with Crippen LogP contribution in [0.15, 0.2) is 0 Å². The molecule has 0 aromatic heterocycles. The minimum atomic E-state index is 0.112. The monoisotopic (exact) mass is 270 g/mol. The Hall–Kier alpha value is -0.650. The van der Waals surface area contributed by atoms with Crippen molar-refractivity contribution in [1.82, 2.24) is 9.80 Å². The van der Waals surface area contributed by atoms with E-state index in [1.807, 2.05) is 4.90 Å². The van der Waals surface area contributed by atoms with Crippen LogP contribution >= 0.6 is 0 Å². The Labute approximate surface area is 115 Å². The summed E-state index contributed by atoms with van der Waals surface area (Å²) in [5, 5.41) is 0. The smallest absolute Gasteiger partial charge is 0.248 e. The van der Waals surface area contributed by atoms with E-state index in [1.165, 1.54) is 0 Å². The van der Waals surface area contributed by atoms with E-state index >= 15 is 0 Å². The van der Waals surface area contributed by atoms with Crippen molar-refractivity contribution in [3.05, 3.63) is 0 Å². The zero-order valence-corrected chi connectivity index (χ0v) is 12.1. The first-order valence-electron chi connectivity index (χ1n) is 7.38. The van der Waals surface area contributed by atoms with Crippen molar-refractivity contribution in [3.8, 4) is 0 Å². The molecule has 1 unspecified atom stereocenters. The maximum absolute atomic E-state index is 12.0. The van der Waals surface area contributed by atoms with Gasteiger partial charge in [-0.1, -0.05) is 0 Å². The molecule has 0 radical (unpaired) electrons. The first-order valence-corrected chi connectivity index (χ1v) is 7.38. The van der Waals surface area contributed by atoms with Crippen LogP contribution in [-0.2, 0) is 14.3 Å². The highest BCUT2D eigenvalue weighted by atomic mass is 16.5. The van der Waals surface area contributed by atoms with E-state index in [9.17, 15) is 4.79 Å². The molecule has 5 nitrogen and oxygen atoms in total. The zero-order chi connectivity index (χ0) is 13.7. The topological polar surface area (TPSA) is 42.0 Å². The highest BCUT2D eigenvalue weighted by Crippen LogP contribution is 2.12. The van der Waals surface area contributed by atoms with Gasteiger partial charge in [-0.15, -0.1) is 0 Å². The van der Waals surface area contributed by atoms with Gasteiger partial charge in [0, 0.05) is 38.8 Å². The third-order valence-corrected chi connectivity index (χ3v) is 3.95. The second-order valence-corrected chi connectivity index (χ2v) is 5.66. The molecule has 1 amide bonds. The third kappa shape index (κ3) is 4.44. The Morgan fingerprint density at radius 2 is 2.05 bits per heavy atom. The Kier molecular flexibility index (Phi) is 5.60. The van der Waals surface area contributed by atoms with E-state index < -0.39 is 0 Å². The molecule has 2 aliphatic rings. The molecule has 0 aromatic rings. The number of carbonyl (C=O) groups excluding carboxylic acids is 1. The minimum Gasteiger partial charge on any atom is -0.376 e. The lowest BCUT2D eigenvalue weighted by Crippen LogP contribution is -2.51. The van der Waals surface area contributed by atoms with Crippen LogP contribution in [0.25, 0.3) is 0 Å². The second kappa shape index (κ2) is 7.22. The molecule has 110 valence electrons. The summed E-state index contributed by atoms with van der Waals surface area (Å²) in [6, 6.07) is 0.563. The largest absolute Gasteiger partial charge is 0.376 e. The molecule has 2 fully saturated rings. The fourth-order valence-electron chi connectivity index (χ4n) is 2.63. The minimum absolute atomic E-state index is 0.112. The van der Waals surface area contributed by atoms with Crippen molar-refractivity contribution >= 4 is 5.91 Å². The summed E-state index contributed by atoms with van der Waals surface area (Å²) in [6.07, 6.45) is 2.37. The fraction of sp³-hybridized carbons (Fsp3) is 0.929. The molecule has 0 saturated carbocycles. The number of hydrogen-bond donors (Lipinski definition) is 0. The first kappa shape index (κ1) is 14.8. The number of hydrogen-bond acceptors (Lipinski definition) is 4. The van der Waals surface area contributed by atoms with Crippen LogP contribution in [-0.4, -0.2) is 73.9 Å². The quantitative estimate of drug-likeness (QED) is 0.739. The van der Waals surface area contributed by atoms with Crippen molar-refractivity contribution in [2.45, 2.75) is 38.8 Å². The summed E-state index contributed by atoms with van der Waals surface area (Å²) in [7, 11) is 0. The van der Waals surface area contributed by atoms with Gasteiger partial charge >= 0.3 is 0 Å². The van der Waals surface area contributed by atoms with E-state index in [1.54, 1.807) is 0 Å². The van der Waals surface area contributed by atoms with Gasteiger partial charge in [-0.25, -0.2) is 0 Å². The van der Waals surface area contributed by atoms with Crippen molar-refractivity contribution < 1.29 is 14.3 Å². The molecule has 2 heterocycles. The summed E-state index contributed by atoms with van der Waals surface area (Å²) >= 11 is 0. The number of amides is 1. The molecule has 5 heteroatoms. The van der Waals surface area contributed by atoms with E-state index in [0.717, 1.165) is 45.6 Å². The molecular weight excluding hydrogens is 244 g/mol. The Morgan fingerprint density at radius 3 is 2.63 bits per heavy atom. The van der Waals surface area contributed by atoms with Gasteiger partial charge in [-0.3, -0.25) is 9.69 Å². The normalized spacial score (nSPS) is 25.2. The lowest BCUT2D eigenvalue weighted by Gasteiger charge is -2.36. The standard InChI is InChI=1S/C14H26N2O3/c1-12(2)15-5-7-16(8-6-15)14(17)11-18-10-13-4-3-9-19-13/h12-13H,3-11H2,1-2H3. The number of ether oxygens (including phenoxy) is 2. The predicted molar refractivity (Wildman–Crippen MR) is 73.1 cm³/mol. The number of carbonyl (C=O) groups is 1. The van der Waals surface area contributed by atoms with Crippen LogP contribution in [0.2, 0.25) is 0 Å². The van der Waals surface area contributed by atoms with Crippen molar-refractivity contribution in [3.63, 3.8) is 0 Å². The van der Waals surface area contributed by atoms with Crippen LogP contribution < -0.4 is 0 Å². The van der Waals surface area contributed by atoms with E-state index in [4.69, 9.17) is 9.47 Å². The molecule has 0 bridgehead atoms. The molecule has 1 atom stereocenters. The maximum atomic E-state index is 12.0. The molecule has 0 aliphatic carbocycles. The molecule has 2 aliphatic heterocycles. The van der Waals surface area contributed by atoms with Crippen molar-refractivity contribution in [1.29, 1.82) is 0 Å². The maximum Gasteiger partial charge on any atom is 0.248 e. The highest BCUT2D eigenvalue weighted by molar-refractivity contribution is 5.77. The number of piperazine rings is 1. The van der Waals surface area contributed by atoms with Gasteiger partial charge < -0.3 is 14.4 Å². The lowest BCUT2D eigenvalue weighted by atomic mass is 10.2. The Bertz CT molecular complexity index is 282. The van der Waals surface area contributed by atoms with Gasteiger partial charge in [-0.2, -0.15) is 0 Å². The zero-order valence-electron chi connectivity index (χ0n) is 12.1. The fourth-order valence-corrected chi connectivity index (χ4v) is 2.63. The van der Waals surface area contributed by atoms with Crippen LogP contribution in [0.5, 0.6) is 0 Å². The second-order valence-electron chi connectivity index (χ2n) is 5.66. The molecule has 0 spiro atoms. The summed E-state index contributed by atoms with van der Waals surface area (Å²) in [4.78, 5) is 16.3. The molecule has 2 saturated heterocycles. The van der Waals surface area contributed by atoms with Gasteiger partial charge in [0.2, 0.25) is 5.91 Å². The summed E-state index contributed by atoms with van der Waals surface area (Å²) in [6.45, 7) is 9.55. The van der Waals surface area contributed by atoms with Crippen LogP contribution in [0.3, 0.4) is 0 Å². The predicted octanol–water partition coefficient (Wildman–Crippen LogP) is 0.735. The average Bonchev–Trinajstić information content (AvgIpc) is 2.92. The molecular formula is C14H26N2O3. The molecule has 0 N–H and O–H groups in total. The van der Waals surface area contributed by atoms with E-state index in [-0.39, 0.29) is 18.6 Å². The van der Waals surface area contributed by atoms with Gasteiger partial charge in [0.05, 0.1) is 12.7 Å². The van der Waals surface area contributed by atoms with Gasteiger partial charge in [-0.05, 0) is 26.7 Å². The highest BCUT2D eigenvalue weighted by Gasteiger charge is 2.23. The number of rotatable bonds is 5. The van der Waals surface area contributed by atoms with Gasteiger partial charge in [0.25, 0.3) is 0 Å². The van der Waals surface area contributed by atoms with Crippen LogP contribution in [0, 0.1) is 0 Å². The van der Waals surface area contributed by atoms with Crippen molar-refractivity contribution in [2.75, 3.05) is 46.0 Å². The van der Waals surface area contributed by atoms with Crippen LogP contribution in [0.1, 0.15) is 26.7 Å². The average molecular weight is 270 g/mol. The Balaban J connectivity index is 1.61. The molecule has 19 heavy (non-hydrogen) atoms. The summed E-state index contributed by atoms with van der Waals surface area (Å²) in [5.41, 5.74) is 0. The van der Waals surface area contributed by atoms with E-state index in [0.29, 0.717) is 12.6 Å². The molecule has 2 rings (SSSR count). The first-order chi connectivity index (χ1) is 9.16. The SMILES string of the molecule is CC(C)N1CCN(C(=O)COCC2CCCO2)CC1. The summed E-state index contributed by atoms with van der Waals surface area (Å²) in [5.74, 6) is 0.112. The number of nitrogens with zero attached hydrogens (tertiary/aromatic N) is 2. The summed E-state index contributed by atoms with van der Waals surface area (Å²) < 4.78 is 10.9. The van der Waals surface area contributed by atoms with E-state index in [2.05, 4.69) is 18.7 Å². The van der Waals surface area contributed by atoms with Gasteiger partial charge in [0.15, 0.2) is 0 Å². The molecule has 0 aromatic carbocycles.